The van der Waals surface area contributed by atoms with E-state index >= 15 is 0 Å². The number of hydrogen-bond donors (Lipinski definition) is 1. The Morgan fingerprint density at radius 2 is 1.88 bits per heavy atom. The van der Waals surface area contributed by atoms with Gasteiger partial charge in [0.2, 0.25) is 10.0 Å². The number of piperazine rings is 1. The van der Waals surface area contributed by atoms with Gasteiger partial charge in [0, 0.05) is 45.3 Å². The van der Waals surface area contributed by atoms with E-state index in [0.717, 1.165) is 26.2 Å². The number of sulfonamides is 1. The van der Waals surface area contributed by atoms with Crippen molar-refractivity contribution in [2.45, 2.75) is 17.9 Å². The van der Waals surface area contributed by atoms with Crippen LogP contribution in [0, 0.1) is 0 Å². The molecule has 1 atom stereocenters. The van der Waals surface area contributed by atoms with Gasteiger partial charge in [-0.05, 0) is 31.2 Å². The zero-order chi connectivity index (χ0) is 17.7. The maximum Gasteiger partial charge on any atom is 0.243 e. The van der Waals surface area contributed by atoms with Crippen molar-refractivity contribution in [3.05, 3.63) is 24.3 Å². The average molecular weight is 406 g/mol. The predicted octanol–water partition coefficient (Wildman–Crippen LogP) is 0.802. The van der Waals surface area contributed by atoms with Crippen molar-refractivity contribution in [3.63, 3.8) is 0 Å². The van der Waals surface area contributed by atoms with E-state index in [2.05, 4.69) is 17.1 Å². The third-order valence-electron chi connectivity index (χ3n) is 4.72. The molecule has 0 saturated carbocycles. The Morgan fingerprint density at radius 1 is 1.19 bits per heavy atom. The summed E-state index contributed by atoms with van der Waals surface area (Å²) in [5.41, 5.74) is 0. The normalized spacial score (nSPS) is 22.6. The van der Waals surface area contributed by atoms with E-state index in [1.807, 2.05) is 0 Å². The first-order valence-electron chi connectivity index (χ1n) is 8.83. The first kappa shape index (κ1) is 21.4. The quantitative estimate of drug-likeness (QED) is 0.755. The van der Waals surface area contributed by atoms with Crippen molar-refractivity contribution in [1.82, 2.24) is 14.5 Å². The molecule has 9 heteroatoms. The number of hydrogen-bond acceptors (Lipinski definition) is 6. The fourth-order valence-electron chi connectivity index (χ4n) is 3.14. The molecule has 148 valence electrons. The fraction of sp³-hybridized carbons (Fsp3) is 0.647. The van der Waals surface area contributed by atoms with Crippen LogP contribution in [0.3, 0.4) is 0 Å². The minimum atomic E-state index is -3.44. The van der Waals surface area contributed by atoms with E-state index in [0.29, 0.717) is 49.6 Å². The molecule has 0 bridgehead atoms. The molecule has 0 unspecified atom stereocenters. The molecule has 7 nitrogen and oxygen atoms in total. The van der Waals surface area contributed by atoms with E-state index in [4.69, 9.17) is 9.47 Å². The van der Waals surface area contributed by atoms with E-state index in [1.54, 1.807) is 24.3 Å². The molecule has 2 aliphatic rings. The molecule has 0 radical (unpaired) electrons. The SMILES string of the molecule is C[C@H]1CNCCN1CCOc1ccc(S(=O)(=O)N2CCOCC2)cc1.Cl. The minimum Gasteiger partial charge on any atom is -0.492 e. The van der Waals surface area contributed by atoms with Gasteiger partial charge < -0.3 is 14.8 Å². The van der Waals surface area contributed by atoms with Gasteiger partial charge in [-0.15, -0.1) is 12.4 Å². The highest BCUT2D eigenvalue weighted by molar-refractivity contribution is 7.89. The molecule has 1 aromatic rings. The van der Waals surface area contributed by atoms with Crippen LogP contribution in [-0.2, 0) is 14.8 Å². The molecule has 2 heterocycles. The molecule has 26 heavy (non-hydrogen) atoms. The summed E-state index contributed by atoms with van der Waals surface area (Å²) in [5.74, 6) is 0.698. The molecule has 0 spiro atoms. The smallest absolute Gasteiger partial charge is 0.243 e. The second-order valence-corrected chi connectivity index (χ2v) is 8.36. The third-order valence-corrected chi connectivity index (χ3v) is 6.63. The zero-order valence-electron chi connectivity index (χ0n) is 15.1. The van der Waals surface area contributed by atoms with Gasteiger partial charge in [-0.1, -0.05) is 0 Å². The largest absolute Gasteiger partial charge is 0.492 e. The Morgan fingerprint density at radius 3 is 2.54 bits per heavy atom. The number of ether oxygens (including phenoxy) is 2. The van der Waals surface area contributed by atoms with Gasteiger partial charge in [0.15, 0.2) is 0 Å². The number of nitrogens with zero attached hydrogens (tertiary/aromatic N) is 2. The van der Waals surface area contributed by atoms with Crippen LogP contribution in [0.5, 0.6) is 5.75 Å². The van der Waals surface area contributed by atoms with Crippen molar-refractivity contribution in [3.8, 4) is 5.75 Å². The number of benzene rings is 1. The molecule has 2 aliphatic heterocycles. The zero-order valence-corrected chi connectivity index (χ0v) is 16.7. The topological polar surface area (TPSA) is 71.1 Å². The van der Waals surface area contributed by atoms with Crippen LogP contribution in [0.4, 0.5) is 0 Å². The minimum absolute atomic E-state index is 0. The maximum atomic E-state index is 12.6. The van der Waals surface area contributed by atoms with Crippen molar-refractivity contribution >= 4 is 22.4 Å². The van der Waals surface area contributed by atoms with Crippen LogP contribution < -0.4 is 10.1 Å². The van der Waals surface area contributed by atoms with Gasteiger partial charge in [-0.2, -0.15) is 4.31 Å². The van der Waals surface area contributed by atoms with Crippen LogP contribution in [-0.4, -0.2) is 82.8 Å². The lowest BCUT2D eigenvalue weighted by Crippen LogP contribution is -2.50. The van der Waals surface area contributed by atoms with Crippen LogP contribution in [0.1, 0.15) is 6.92 Å². The summed E-state index contributed by atoms with van der Waals surface area (Å²) < 4.78 is 37.6. The summed E-state index contributed by atoms with van der Waals surface area (Å²) in [6, 6.07) is 7.21. The number of nitrogens with one attached hydrogen (secondary N) is 1. The van der Waals surface area contributed by atoms with Crippen LogP contribution in [0.15, 0.2) is 29.2 Å². The first-order valence-corrected chi connectivity index (χ1v) is 10.3. The molecule has 2 saturated heterocycles. The molecule has 0 aromatic heterocycles. The van der Waals surface area contributed by atoms with Crippen LogP contribution in [0.25, 0.3) is 0 Å². The predicted molar refractivity (Wildman–Crippen MR) is 103 cm³/mol. The summed E-state index contributed by atoms with van der Waals surface area (Å²) in [6.45, 7) is 8.43. The summed E-state index contributed by atoms with van der Waals surface area (Å²) in [5, 5.41) is 3.37. The van der Waals surface area contributed by atoms with Crippen LogP contribution in [0.2, 0.25) is 0 Å². The number of rotatable bonds is 6. The Kier molecular flexibility index (Phi) is 8.12. The van der Waals surface area contributed by atoms with Gasteiger partial charge in [0.25, 0.3) is 0 Å². The van der Waals surface area contributed by atoms with E-state index < -0.39 is 10.0 Å². The van der Waals surface area contributed by atoms with Gasteiger partial charge in [0.05, 0.1) is 18.1 Å². The molecule has 1 N–H and O–H groups in total. The van der Waals surface area contributed by atoms with Crippen molar-refractivity contribution < 1.29 is 17.9 Å². The van der Waals surface area contributed by atoms with Crippen molar-refractivity contribution in [2.75, 3.05) is 59.1 Å². The standard InChI is InChI=1S/C17H27N3O4S.ClH/c1-15-14-18-6-7-19(15)8-13-24-16-2-4-17(5-3-16)25(21,22)20-9-11-23-12-10-20;/h2-5,15,18H,6-14H2,1H3;1H/t15-;/m0./s1. The first-order chi connectivity index (χ1) is 12.1. The maximum absolute atomic E-state index is 12.6. The van der Waals surface area contributed by atoms with Crippen molar-refractivity contribution in [1.29, 1.82) is 0 Å². The summed E-state index contributed by atoms with van der Waals surface area (Å²) in [6.07, 6.45) is 0. The Labute approximate surface area is 162 Å². The summed E-state index contributed by atoms with van der Waals surface area (Å²) in [4.78, 5) is 2.70. The van der Waals surface area contributed by atoms with E-state index in [1.165, 1.54) is 4.31 Å². The average Bonchev–Trinajstić information content (AvgIpc) is 2.64. The third kappa shape index (κ3) is 5.31. The second-order valence-electron chi connectivity index (χ2n) is 6.43. The van der Waals surface area contributed by atoms with Gasteiger partial charge in [-0.25, -0.2) is 8.42 Å². The fourth-order valence-corrected chi connectivity index (χ4v) is 4.55. The molecule has 3 rings (SSSR count). The van der Waals surface area contributed by atoms with Gasteiger partial charge in [-0.3, -0.25) is 4.90 Å². The Balaban J connectivity index is 0.00000243. The van der Waals surface area contributed by atoms with Gasteiger partial charge in [0.1, 0.15) is 12.4 Å². The molecule has 0 amide bonds. The lowest BCUT2D eigenvalue weighted by molar-refractivity contribution is 0.0730. The Hall–Kier alpha value is -0.900. The Bertz CT molecular complexity index is 650. The molecule has 2 fully saturated rings. The molecule has 1 aromatic carbocycles. The second kappa shape index (κ2) is 9.87. The molecule has 0 aliphatic carbocycles. The summed E-state index contributed by atoms with van der Waals surface area (Å²) >= 11 is 0. The van der Waals surface area contributed by atoms with E-state index in [9.17, 15) is 8.42 Å². The highest BCUT2D eigenvalue weighted by atomic mass is 35.5. The van der Waals surface area contributed by atoms with Gasteiger partial charge >= 0.3 is 0 Å². The van der Waals surface area contributed by atoms with Crippen molar-refractivity contribution in [2.24, 2.45) is 0 Å². The van der Waals surface area contributed by atoms with Crippen LogP contribution >= 0.6 is 12.4 Å². The molecular weight excluding hydrogens is 378 g/mol. The molecular formula is C17H28ClN3O4S. The van der Waals surface area contributed by atoms with E-state index in [-0.39, 0.29) is 12.4 Å². The lowest BCUT2D eigenvalue weighted by atomic mass is 10.2. The summed E-state index contributed by atoms with van der Waals surface area (Å²) in [7, 11) is -3.44. The number of halogens is 1. The highest BCUT2D eigenvalue weighted by Gasteiger charge is 2.26. The highest BCUT2D eigenvalue weighted by Crippen LogP contribution is 2.20. The number of morpholine rings is 1. The monoisotopic (exact) mass is 405 g/mol. The lowest BCUT2D eigenvalue weighted by Gasteiger charge is -2.33.